The molecule has 0 saturated carbocycles. The first-order valence-corrected chi connectivity index (χ1v) is 7.14. The Kier molecular flexibility index (Phi) is 4.89. The Morgan fingerprint density at radius 1 is 1.25 bits per heavy atom. The molecule has 3 nitrogen and oxygen atoms in total. The molecule has 10 heteroatoms. The Hall–Kier alpha value is -1.71. The van der Waals surface area contributed by atoms with Crippen molar-refractivity contribution in [2.45, 2.75) is 24.9 Å². The SMILES string of the molecule is COC(=O)C1=Cc2cc(Br)cc(CC(F)(F)F)c2O[C@@H]1C(F)(F)F. The third-order valence-electron chi connectivity index (χ3n) is 3.10. The average molecular weight is 419 g/mol. The maximum atomic E-state index is 13.1. The molecule has 0 spiro atoms. The van der Waals surface area contributed by atoms with Crippen LogP contribution in [0.4, 0.5) is 26.3 Å². The molecule has 1 aliphatic heterocycles. The zero-order chi connectivity index (χ0) is 18.3. The van der Waals surface area contributed by atoms with Crippen LogP contribution in [0.15, 0.2) is 22.2 Å². The maximum absolute atomic E-state index is 13.1. The summed E-state index contributed by atoms with van der Waals surface area (Å²) in [4.78, 5) is 11.6. The van der Waals surface area contributed by atoms with Gasteiger partial charge in [0.15, 0.2) is 0 Å². The van der Waals surface area contributed by atoms with Crippen molar-refractivity contribution in [3.63, 3.8) is 0 Å². The fraction of sp³-hybridized carbons (Fsp3) is 0.357. The highest BCUT2D eigenvalue weighted by Crippen LogP contribution is 2.42. The molecule has 0 N–H and O–H groups in total. The van der Waals surface area contributed by atoms with Gasteiger partial charge in [0.2, 0.25) is 6.10 Å². The Morgan fingerprint density at radius 2 is 1.88 bits per heavy atom. The van der Waals surface area contributed by atoms with Crippen LogP contribution in [0.25, 0.3) is 6.08 Å². The van der Waals surface area contributed by atoms with E-state index in [2.05, 4.69) is 20.7 Å². The smallest absolute Gasteiger partial charge is 0.430 e. The molecule has 0 radical (unpaired) electrons. The van der Waals surface area contributed by atoms with Crippen LogP contribution in [0.5, 0.6) is 5.75 Å². The second-order valence-corrected chi connectivity index (χ2v) is 5.82. The Morgan fingerprint density at radius 3 is 2.38 bits per heavy atom. The summed E-state index contributed by atoms with van der Waals surface area (Å²) in [6, 6.07) is 2.28. The summed E-state index contributed by atoms with van der Waals surface area (Å²) in [7, 11) is 0.891. The Bertz CT molecular complexity index is 693. The number of benzene rings is 1. The van der Waals surface area contributed by atoms with Crippen LogP contribution in [0, 0.1) is 0 Å². The Balaban J connectivity index is 2.61. The van der Waals surface area contributed by atoms with E-state index >= 15 is 0 Å². The average Bonchev–Trinajstić information content (AvgIpc) is 2.42. The lowest BCUT2D eigenvalue weighted by molar-refractivity contribution is -0.187. The number of carbonyl (C=O) groups is 1. The van der Waals surface area contributed by atoms with Crippen LogP contribution >= 0.6 is 15.9 Å². The van der Waals surface area contributed by atoms with Gasteiger partial charge in [0.1, 0.15) is 5.75 Å². The summed E-state index contributed by atoms with van der Waals surface area (Å²) in [6.07, 6.45) is -13.0. The zero-order valence-electron chi connectivity index (χ0n) is 11.9. The van der Waals surface area contributed by atoms with Crippen molar-refractivity contribution >= 4 is 28.0 Å². The lowest BCUT2D eigenvalue weighted by atomic mass is 9.97. The van der Waals surface area contributed by atoms with Crippen LogP contribution in [0.3, 0.4) is 0 Å². The van der Waals surface area contributed by atoms with E-state index in [0.29, 0.717) is 0 Å². The molecule has 0 fully saturated rings. The van der Waals surface area contributed by atoms with E-state index in [1.807, 2.05) is 0 Å². The number of hydrogen-bond donors (Lipinski definition) is 0. The minimum Gasteiger partial charge on any atom is -0.475 e. The largest absolute Gasteiger partial charge is 0.475 e. The number of alkyl halides is 6. The van der Waals surface area contributed by atoms with E-state index in [0.717, 1.165) is 19.3 Å². The fourth-order valence-electron chi connectivity index (χ4n) is 2.22. The maximum Gasteiger partial charge on any atom is 0.430 e. The fourth-order valence-corrected chi connectivity index (χ4v) is 2.75. The normalized spacial score (nSPS) is 17.7. The van der Waals surface area contributed by atoms with Crippen molar-refractivity contribution in [1.82, 2.24) is 0 Å². The van der Waals surface area contributed by atoms with Gasteiger partial charge in [0.05, 0.1) is 19.1 Å². The van der Waals surface area contributed by atoms with Crippen molar-refractivity contribution < 1.29 is 40.6 Å². The minimum absolute atomic E-state index is 0.0791. The molecule has 1 aliphatic rings. The molecule has 0 amide bonds. The second-order valence-electron chi connectivity index (χ2n) is 4.91. The minimum atomic E-state index is -5.00. The Labute approximate surface area is 140 Å². The number of hydrogen-bond acceptors (Lipinski definition) is 3. The van der Waals surface area contributed by atoms with Gasteiger partial charge in [-0.3, -0.25) is 0 Å². The quantitative estimate of drug-likeness (QED) is 0.526. The van der Waals surface area contributed by atoms with Gasteiger partial charge < -0.3 is 9.47 Å². The molecule has 2 rings (SSSR count). The highest BCUT2D eigenvalue weighted by atomic mass is 79.9. The van der Waals surface area contributed by atoms with Gasteiger partial charge in [-0.05, 0) is 18.2 Å². The number of methoxy groups -OCH3 is 1. The molecule has 1 atom stereocenters. The summed E-state index contributed by atoms with van der Waals surface area (Å²) < 4.78 is 86.6. The van der Waals surface area contributed by atoms with Crippen LogP contribution in [0.2, 0.25) is 0 Å². The standard InChI is InChI=1S/C14H9BrF6O3/c1-23-12(22)9-4-6-2-8(15)3-7(5-13(16,17)18)10(6)24-11(9)14(19,20)21/h2-4,11H,5H2,1H3/t11-/m0/s1. The molecular weight excluding hydrogens is 410 g/mol. The van der Waals surface area contributed by atoms with Gasteiger partial charge in [-0.25, -0.2) is 4.79 Å². The summed E-state index contributed by atoms with van der Waals surface area (Å²) in [5.41, 5.74) is -1.39. The topological polar surface area (TPSA) is 35.5 Å². The van der Waals surface area contributed by atoms with Crippen molar-refractivity contribution in [1.29, 1.82) is 0 Å². The third kappa shape index (κ3) is 4.03. The molecule has 1 aromatic rings. The van der Waals surface area contributed by atoms with Crippen LogP contribution in [0.1, 0.15) is 11.1 Å². The predicted octanol–water partition coefficient (Wildman–Crippen LogP) is 4.43. The molecule has 1 aromatic carbocycles. The monoisotopic (exact) mass is 418 g/mol. The molecule has 132 valence electrons. The highest BCUT2D eigenvalue weighted by molar-refractivity contribution is 9.10. The van der Waals surface area contributed by atoms with E-state index < -0.39 is 47.7 Å². The van der Waals surface area contributed by atoms with Crippen molar-refractivity contribution in [2.75, 3.05) is 7.11 Å². The third-order valence-corrected chi connectivity index (χ3v) is 3.56. The number of esters is 1. The first-order chi connectivity index (χ1) is 10.9. The molecule has 0 unspecified atom stereocenters. The molecule has 0 aliphatic carbocycles. The van der Waals surface area contributed by atoms with Gasteiger partial charge in [-0.15, -0.1) is 0 Å². The van der Waals surface area contributed by atoms with Crippen molar-refractivity contribution in [3.05, 3.63) is 33.3 Å². The first-order valence-electron chi connectivity index (χ1n) is 6.35. The molecule has 0 aromatic heterocycles. The van der Waals surface area contributed by atoms with E-state index in [4.69, 9.17) is 4.74 Å². The first kappa shape index (κ1) is 18.6. The van der Waals surface area contributed by atoms with Crippen molar-refractivity contribution in [2.24, 2.45) is 0 Å². The molecule has 1 heterocycles. The molecule has 0 bridgehead atoms. The number of halogens is 7. The number of ether oxygens (including phenoxy) is 2. The van der Waals surface area contributed by atoms with Gasteiger partial charge in [-0.2, -0.15) is 26.3 Å². The number of fused-ring (bicyclic) bond motifs is 1. The molecule has 0 saturated heterocycles. The zero-order valence-corrected chi connectivity index (χ0v) is 13.5. The lowest BCUT2D eigenvalue weighted by Gasteiger charge is -2.29. The van der Waals surface area contributed by atoms with Gasteiger partial charge >= 0.3 is 18.3 Å². The summed E-state index contributed by atoms with van der Waals surface area (Å²) in [6.45, 7) is 0. The summed E-state index contributed by atoms with van der Waals surface area (Å²) >= 11 is 2.99. The van der Waals surface area contributed by atoms with Crippen molar-refractivity contribution in [3.8, 4) is 5.75 Å². The van der Waals surface area contributed by atoms with Gasteiger partial charge in [0.25, 0.3) is 0 Å². The van der Waals surface area contributed by atoms with Crippen LogP contribution in [-0.2, 0) is 16.0 Å². The highest BCUT2D eigenvalue weighted by Gasteiger charge is 2.49. The predicted molar refractivity (Wildman–Crippen MR) is 74.4 cm³/mol. The van der Waals surface area contributed by atoms with E-state index in [-0.39, 0.29) is 10.0 Å². The van der Waals surface area contributed by atoms with E-state index in [1.165, 1.54) is 6.07 Å². The second kappa shape index (κ2) is 6.30. The van der Waals surface area contributed by atoms with Gasteiger partial charge in [-0.1, -0.05) is 15.9 Å². The molecule has 24 heavy (non-hydrogen) atoms. The van der Waals surface area contributed by atoms with Crippen LogP contribution in [-0.4, -0.2) is 31.5 Å². The lowest BCUT2D eigenvalue weighted by Crippen LogP contribution is -2.41. The summed E-state index contributed by atoms with van der Waals surface area (Å²) in [5.74, 6) is -1.84. The number of carbonyl (C=O) groups excluding carboxylic acids is 1. The molecular formula is C14H9BrF6O3. The summed E-state index contributed by atoms with van der Waals surface area (Å²) in [5, 5.41) is 0. The van der Waals surface area contributed by atoms with E-state index in [1.54, 1.807) is 0 Å². The van der Waals surface area contributed by atoms with E-state index in [9.17, 15) is 31.1 Å². The van der Waals surface area contributed by atoms with Crippen LogP contribution < -0.4 is 4.74 Å². The van der Waals surface area contributed by atoms with Gasteiger partial charge in [0, 0.05) is 15.6 Å². The number of rotatable bonds is 2.